The minimum Gasteiger partial charge on any atom is -0.372 e. The van der Waals surface area contributed by atoms with Crippen LogP contribution in [0.5, 0.6) is 0 Å². The maximum Gasteiger partial charge on any atom is 0.314 e. The molecule has 0 aromatic heterocycles. The topological polar surface area (TPSA) is 67.4 Å². The van der Waals surface area contributed by atoms with Gasteiger partial charge in [0.15, 0.2) is 0 Å². The lowest BCUT2D eigenvalue weighted by Gasteiger charge is -2.08. The van der Waals surface area contributed by atoms with Gasteiger partial charge in [-0.15, -0.1) is 0 Å². The number of rotatable bonds is 2. The first-order valence-electron chi connectivity index (χ1n) is 7.11. The third-order valence-electron chi connectivity index (χ3n) is 3.60. The van der Waals surface area contributed by atoms with Gasteiger partial charge in [-0.3, -0.25) is 9.59 Å². The molecule has 2 aromatic carbocycles. The van der Waals surface area contributed by atoms with Crippen LogP contribution in [0.25, 0.3) is 0 Å². The number of halogens is 1. The summed E-state index contributed by atoms with van der Waals surface area (Å²) in [7, 11) is 0. The summed E-state index contributed by atoms with van der Waals surface area (Å²) in [6.45, 7) is 2.64. The average molecular weight is 314 g/mol. The van der Waals surface area contributed by atoms with Crippen molar-refractivity contribution in [1.82, 2.24) is 0 Å². The van der Waals surface area contributed by atoms with Gasteiger partial charge in [-0.1, -0.05) is 6.07 Å². The minimum atomic E-state index is -0.812. The number of anilines is 2. The Balaban J connectivity index is 1.65. The number of carbonyl (C=O) groups excluding carboxylic acids is 2. The normalized spacial score (nSPS) is 12.6. The predicted octanol–water partition coefficient (Wildman–Crippen LogP) is 2.74. The molecular formula is C17H15FN2O3. The molecule has 0 unspecified atom stereocenters. The molecule has 1 heterocycles. The second-order valence-corrected chi connectivity index (χ2v) is 5.35. The first-order valence-corrected chi connectivity index (χ1v) is 7.11. The summed E-state index contributed by atoms with van der Waals surface area (Å²) in [4.78, 5) is 23.8. The monoisotopic (exact) mass is 314 g/mol. The largest absolute Gasteiger partial charge is 0.372 e. The third kappa shape index (κ3) is 3.37. The molecule has 0 atom stereocenters. The SMILES string of the molecule is Cc1cc(NC(=O)C(=O)Nc2ccc3c(c2)COC3)ccc1F. The number of ether oxygens (including phenoxy) is 1. The van der Waals surface area contributed by atoms with Crippen LogP contribution < -0.4 is 10.6 Å². The van der Waals surface area contributed by atoms with E-state index in [1.165, 1.54) is 18.2 Å². The standard InChI is InChI=1S/C17H15FN2O3/c1-10-6-13(4-5-15(10)18)19-16(21)17(22)20-14-3-2-11-8-23-9-12(11)7-14/h2-7H,8-9H2,1H3,(H,19,21)(H,20,22). The van der Waals surface area contributed by atoms with E-state index in [0.29, 0.717) is 30.2 Å². The van der Waals surface area contributed by atoms with E-state index in [1.54, 1.807) is 19.1 Å². The van der Waals surface area contributed by atoms with Crippen LogP contribution in [0.1, 0.15) is 16.7 Å². The Bertz CT molecular complexity index is 789. The van der Waals surface area contributed by atoms with Crippen LogP contribution in [0, 0.1) is 12.7 Å². The van der Waals surface area contributed by atoms with Gasteiger partial charge in [-0.2, -0.15) is 0 Å². The Morgan fingerprint density at radius 3 is 2.26 bits per heavy atom. The lowest BCUT2D eigenvalue weighted by Crippen LogP contribution is -2.29. The molecule has 23 heavy (non-hydrogen) atoms. The van der Waals surface area contributed by atoms with Gasteiger partial charge in [0.1, 0.15) is 5.82 Å². The molecule has 0 bridgehead atoms. The van der Waals surface area contributed by atoms with Gasteiger partial charge >= 0.3 is 11.8 Å². The third-order valence-corrected chi connectivity index (χ3v) is 3.60. The molecule has 1 aliphatic heterocycles. The van der Waals surface area contributed by atoms with Crippen LogP contribution in [0.3, 0.4) is 0 Å². The molecule has 0 saturated carbocycles. The summed E-state index contributed by atoms with van der Waals surface area (Å²) in [5.74, 6) is -1.97. The Kier molecular flexibility index (Phi) is 4.08. The highest BCUT2D eigenvalue weighted by atomic mass is 19.1. The van der Waals surface area contributed by atoms with Crippen molar-refractivity contribution in [3.05, 3.63) is 58.9 Å². The smallest absolute Gasteiger partial charge is 0.314 e. The van der Waals surface area contributed by atoms with Crippen molar-refractivity contribution in [3.8, 4) is 0 Å². The summed E-state index contributed by atoms with van der Waals surface area (Å²) in [6.07, 6.45) is 0. The van der Waals surface area contributed by atoms with E-state index in [2.05, 4.69) is 10.6 Å². The fourth-order valence-corrected chi connectivity index (χ4v) is 2.35. The number of benzene rings is 2. The highest BCUT2D eigenvalue weighted by molar-refractivity contribution is 6.43. The zero-order valence-corrected chi connectivity index (χ0v) is 12.5. The number of carbonyl (C=O) groups is 2. The molecule has 0 spiro atoms. The Morgan fingerprint density at radius 1 is 0.957 bits per heavy atom. The molecule has 2 N–H and O–H groups in total. The quantitative estimate of drug-likeness (QED) is 0.838. The van der Waals surface area contributed by atoms with E-state index < -0.39 is 11.8 Å². The van der Waals surface area contributed by atoms with Gasteiger partial charge in [-0.25, -0.2) is 4.39 Å². The maximum absolute atomic E-state index is 13.2. The summed E-state index contributed by atoms with van der Waals surface area (Å²) in [5, 5.41) is 4.98. The van der Waals surface area contributed by atoms with Gasteiger partial charge in [-0.05, 0) is 53.9 Å². The van der Waals surface area contributed by atoms with E-state index in [-0.39, 0.29) is 5.82 Å². The van der Waals surface area contributed by atoms with Gasteiger partial charge in [0.25, 0.3) is 0 Å². The second-order valence-electron chi connectivity index (χ2n) is 5.35. The predicted molar refractivity (Wildman–Crippen MR) is 83.3 cm³/mol. The number of hydrogen-bond donors (Lipinski definition) is 2. The highest BCUT2D eigenvalue weighted by Crippen LogP contribution is 2.23. The van der Waals surface area contributed by atoms with Crippen LogP contribution >= 0.6 is 0 Å². The molecule has 0 fully saturated rings. The lowest BCUT2D eigenvalue weighted by molar-refractivity contribution is -0.132. The zero-order chi connectivity index (χ0) is 16.4. The highest BCUT2D eigenvalue weighted by Gasteiger charge is 2.16. The number of hydrogen-bond acceptors (Lipinski definition) is 3. The maximum atomic E-state index is 13.2. The first kappa shape index (κ1) is 15.2. The molecule has 118 valence electrons. The van der Waals surface area contributed by atoms with Crippen molar-refractivity contribution < 1.29 is 18.7 Å². The Hall–Kier alpha value is -2.73. The minimum absolute atomic E-state index is 0.367. The van der Waals surface area contributed by atoms with Crippen LogP contribution in [0.15, 0.2) is 36.4 Å². The molecular weight excluding hydrogens is 299 g/mol. The fourth-order valence-electron chi connectivity index (χ4n) is 2.35. The van der Waals surface area contributed by atoms with E-state index >= 15 is 0 Å². The van der Waals surface area contributed by atoms with Crippen LogP contribution in [-0.2, 0) is 27.5 Å². The van der Waals surface area contributed by atoms with E-state index in [1.807, 2.05) is 6.07 Å². The lowest BCUT2D eigenvalue weighted by atomic mass is 10.1. The summed E-state index contributed by atoms with van der Waals surface area (Å²) in [5.41, 5.74) is 3.37. The molecule has 0 radical (unpaired) electrons. The van der Waals surface area contributed by atoms with Crippen molar-refractivity contribution in [2.75, 3.05) is 10.6 Å². The van der Waals surface area contributed by atoms with Gasteiger partial charge < -0.3 is 15.4 Å². The summed E-state index contributed by atoms with van der Waals surface area (Å²) < 4.78 is 18.5. The van der Waals surface area contributed by atoms with Crippen molar-refractivity contribution in [2.24, 2.45) is 0 Å². The van der Waals surface area contributed by atoms with E-state index in [9.17, 15) is 14.0 Å². The molecule has 3 rings (SSSR count). The van der Waals surface area contributed by atoms with E-state index in [4.69, 9.17) is 4.74 Å². The first-order chi connectivity index (χ1) is 11.0. The van der Waals surface area contributed by atoms with Gasteiger partial charge in [0, 0.05) is 11.4 Å². The number of aryl methyl sites for hydroxylation is 1. The number of fused-ring (bicyclic) bond motifs is 1. The average Bonchev–Trinajstić information content (AvgIpc) is 2.98. The number of nitrogens with one attached hydrogen (secondary N) is 2. The molecule has 0 aliphatic carbocycles. The van der Waals surface area contributed by atoms with E-state index in [0.717, 1.165) is 11.1 Å². The molecule has 5 nitrogen and oxygen atoms in total. The molecule has 2 aromatic rings. The van der Waals surface area contributed by atoms with Gasteiger partial charge in [0.05, 0.1) is 13.2 Å². The van der Waals surface area contributed by atoms with Crippen LogP contribution in [0.2, 0.25) is 0 Å². The second kappa shape index (κ2) is 6.18. The fraction of sp³-hybridized carbons (Fsp3) is 0.176. The van der Waals surface area contributed by atoms with Crippen LogP contribution in [-0.4, -0.2) is 11.8 Å². The Morgan fingerprint density at radius 2 is 1.57 bits per heavy atom. The summed E-state index contributed by atoms with van der Waals surface area (Å²) in [6, 6.07) is 9.48. The van der Waals surface area contributed by atoms with Crippen LogP contribution in [0.4, 0.5) is 15.8 Å². The van der Waals surface area contributed by atoms with Crippen molar-refractivity contribution in [2.45, 2.75) is 20.1 Å². The Labute approximate surface area is 132 Å². The van der Waals surface area contributed by atoms with Crippen molar-refractivity contribution >= 4 is 23.2 Å². The summed E-state index contributed by atoms with van der Waals surface area (Å²) >= 11 is 0. The zero-order valence-electron chi connectivity index (χ0n) is 12.5. The van der Waals surface area contributed by atoms with Crippen molar-refractivity contribution in [1.29, 1.82) is 0 Å². The van der Waals surface area contributed by atoms with Gasteiger partial charge in [0.2, 0.25) is 0 Å². The molecule has 6 heteroatoms. The molecule has 0 saturated heterocycles. The number of amides is 2. The van der Waals surface area contributed by atoms with Crippen molar-refractivity contribution in [3.63, 3.8) is 0 Å². The molecule has 1 aliphatic rings. The molecule has 2 amide bonds.